The van der Waals surface area contributed by atoms with Gasteiger partial charge in [-0.3, -0.25) is 0 Å². The lowest BCUT2D eigenvalue weighted by Gasteiger charge is -2.43. The molecule has 0 spiro atoms. The number of aromatic hydroxyl groups is 1. The van der Waals surface area contributed by atoms with Crippen molar-refractivity contribution in [2.24, 2.45) is 0 Å². The van der Waals surface area contributed by atoms with Crippen LogP contribution in [0.25, 0.3) is 10.8 Å². The summed E-state index contributed by atoms with van der Waals surface area (Å²) in [6.07, 6.45) is -7.92. The van der Waals surface area contributed by atoms with Crippen molar-refractivity contribution in [3.8, 4) is 5.75 Å². The number of hydrogen-bond donors (Lipinski definition) is 1. The summed E-state index contributed by atoms with van der Waals surface area (Å²) >= 11 is 0. The third-order valence-electron chi connectivity index (χ3n) is 6.42. The zero-order valence-corrected chi connectivity index (χ0v) is 23.4. The third-order valence-corrected chi connectivity index (χ3v) is 12.1. The molecular formula is C22H17F17O4S2. The Labute approximate surface area is 242 Å². The van der Waals surface area contributed by atoms with Gasteiger partial charge in [0.15, 0.2) is 0 Å². The van der Waals surface area contributed by atoms with Crippen LogP contribution in [0.1, 0.15) is 13.8 Å². The van der Waals surface area contributed by atoms with Crippen LogP contribution >= 0.6 is 10.3 Å². The Morgan fingerprint density at radius 2 is 0.956 bits per heavy atom. The highest BCUT2D eigenvalue weighted by Crippen LogP contribution is 2.66. The summed E-state index contributed by atoms with van der Waals surface area (Å²) < 4.78 is 261. The fraction of sp³-hybridized carbons (Fsp3) is 0.545. The van der Waals surface area contributed by atoms with Crippen molar-refractivity contribution in [2.45, 2.75) is 65.7 Å². The predicted octanol–water partition coefficient (Wildman–Crippen LogP) is 8.98. The zero-order chi connectivity index (χ0) is 35.7. The number of phenols is 1. The van der Waals surface area contributed by atoms with Gasteiger partial charge in [-0.2, -0.15) is 83.1 Å². The second-order valence-corrected chi connectivity index (χ2v) is 14.2. The Balaban J connectivity index is 2.76. The van der Waals surface area contributed by atoms with E-state index in [1.54, 1.807) is 0 Å². The first kappa shape index (κ1) is 38.8. The smallest absolute Gasteiger partial charge is 0.460 e. The minimum absolute atomic E-state index is 0.142. The maximum Gasteiger partial charge on any atom is 0.460 e. The van der Waals surface area contributed by atoms with Crippen molar-refractivity contribution < 1.29 is 91.8 Å². The molecule has 2 rings (SSSR count). The normalized spacial score (nSPS) is 15.9. The van der Waals surface area contributed by atoms with Crippen molar-refractivity contribution in [1.82, 2.24) is 0 Å². The molecule has 0 saturated heterocycles. The average Bonchev–Trinajstić information content (AvgIpc) is 2.90. The van der Waals surface area contributed by atoms with Crippen molar-refractivity contribution in [3.63, 3.8) is 0 Å². The van der Waals surface area contributed by atoms with E-state index >= 15 is 0 Å². The Bertz CT molecular complexity index is 1520. The van der Waals surface area contributed by atoms with Crippen LogP contribution in [-0.4, -0.2) is 72.0 Å². The van der Waals surface area contributed by atoms with Crippen molar-refractivity contribution in [1.29, 1.82) is 0 Å². The highest BCUT2D eigenvalue weighted by molar-refractivity contribution is 8.33. The van der Waals surface area contributed by atoms with Gasteiger partial charge in [0, 0.05) is 21.8 Å². The summed E-state index contributed by atoms with van der Waals surface area (Å²) in [4.78, 5) is -0.457. The first-order valence-electron chi connectivity index (χ1n) is 11.5. The molecule has 2 aromatic rings. The van der Waals surface area contributed by atoms with E-state index in [0.29, 0.717) is 0 Å². The minimum atomic E-state index is -8.94. The highest BCUT2D eigenvalue weighted by atomic mass is 32.3. The number of alkyl halides is 17. The average molecular weight is 732 g/mol. The van der Waals surface area contributed by atoms with E-state index in [1.807, 2.05) is 0 Å². The highest BCUT2D eigenvalue weighted by Gasteiger charge is 2.96. The number of phenolic OH excluding ortho intramolecular Hbond substituents is 1. The lowest BCUT2D eigenvalue weighted by atomic mass is 9.91. The fourth-order valence-corrected chi connectivity index (χ4v) is 8.89. The van der Waals surface area contributed by atoms with Crippen LogP contribution in [0.3, 0.4) is 0 Å². The molecule has 0 heterocycles. The first-order chi connectivity index (χ1) is 19.8. The van der Waals surface area contributed by atoms with Gasteiger partial charge in [-0.05, 0) is 17.5 Å². The predicted molar refractivity (Wildman–Crippen MR) is 123 cm³/mol. The van der Waals surface area contributed by atoms with E-state index in [4.69, 9.17) is 0 Å². The Morgan fingerprint density at radius 1 is 0.578 bits per heavy atom. The van der Waals surface area contributed by atoms with Gasteiger partial charge in [-0.25, -0.2) is 3.63 Å². The number of fused-ring (bicyclic) bond motifs is 1. The molecule has 260 valence electrons. The molecule has 0 fully saturated rings. The van der Waals surface area contributed by atoms with Crippen molar-refractivity contribution in [3.05, 3.63) is 36.4 Å². The van der Waals surface area contributed by atoms with E-state index in [0.717, 1.165) is 32.0 Å². The van der Waals surface area contributed by atoms with Gasteiger partial charge < -0.3 is 5.11 Å². The number of hydrogen-bond acceptors (Lipinski definition) is 4. The SMILES string of the molecule is CCS(CC)(OS(=O)(=O)C(F)(F)C(F)(F)C(F)(F)C(F)(F)C(F)(F)C(F)(F)C(F)(F)C(F)(F)F)c1ccc(O)c2ccccc12. The van der Waals surface area contributed by atoms with Gasteiger partial charge in [0.2, 0.25) is 0 Å². The molecule has 23 heteroatoms. The summed E-state index contributed by atoms with van der Waals surface area (Å²) in [5.41, 5.74) is 0. The minimum Gasteiger partial charge on any atom is -0.507 e. The van der Waals surface area contributed by atoms with Gasteiger partial charge in [0.25, 0.3) is 0 Å². The summed E-state index contributed by atoms with van der Waals surface area (Å²) in [6.45, 7) is 1.94. The third kappa shape index (κ3) is 5.23. The van der Waals surface area contributed by atoms with E-state index in [-0.39, 0.29) is 10.8 Å². The maximum absolute atomic E-state index is 14.7. The summed E-state index contributed by atoms with van der Waals surface area (Å²) in [6, 6.07) is 6.42. The number of benzene rings is 2. The van der Waals surface area contributed by atoms with Crippen LogP contribution < -0.4 is 0 Å². The fourth-order valence-electron chi connectivity index (χ4n) is 3.75. The monoisotopic (exact) mass is 732 g/mol. The second kappa shape index (κ2) is 11.1. The van der Waals surface area contributed by atoms with Crippen LogP contribution in [0.5, 0.6) is 5.75 Å². The summed E-state index contributed by atoms with van der Waals surface area (Å²) in [5.74, 6) is -54.3. The molecular weight excluding hydrogens is 715 g/mol. The number of rotatable bonds is 12. The number of halogens is 17. The van der Waals surface area contributed by atoms with Gasteiger partial charge >= 0.3 is 57.1 Å². The van der Waals surface area contributed by atoms with E-state index in [1.165, 1.54) is 18.2 Å². The molecule has 0 aliphatic heterocycles. The molecule has 1 N–H and O–H groups in total. The molecule has 0 radical (unpaired) electrons. The molecule has 0 bridgehead atoms. The molecule has 0 amide bonds. The largest absolute Gasteiger partial charge is 0.507 e. The van der Waals surface area contributed by atoms with E-state index in [9.17, 15) is 88.2 Å². The van der Waals surface area contributed by atoms with Crippen molar-refractivity contribution >= 4 is 31.2 Å². The summed E-state index contributed by atoms with van der Waals surface area (Å²) in [5, 5.41) is 1.88. The summed E-state index contributed by atoms with van der Waals surface area (Å²) in [7, 11) is -11.8. The first-order valence-corrected chi connectivity index (χ1v) is 14.8. The Morgan fingerprint density at radius 3 is 1.36 bits per heavy atom. The molecule has 0 unspecified atom stereocenters. The molecule has 0 atom stereocenters. The molecule has 0 aliphatic carbocycles. The van der Waals surface area contributed by atoms with E-state index in [2.05, 4.69) is 3.63 Å². The topological polar surface area (TPSA) is 63.6 Å². The van der Waals surface area contributed by atoms with Gasteiger partial charge in [-0.1, -0.05) is 48.4 Å². The van der Waals surface area contributed by atoms with Gasteiger partial charge in [0.1, 0.15) is 5.75 Å². The van der Waals surface area contributed by atoms with E-state index < -0.39 is 89.5 Å². The quantitative estimate of drug-likeness (QED) is 0.222. The van der Waals surface area contributed by atoms with Crippen LogP contribution in [-0.2, 0) is 13.7 Å². The van der Waals surface area contributed by atoms with Crippen LogP contribution in [0.2, 0.25) is 0 Å². The molecule has 2 aromatic carbocycles. The molecule has 45 heavy (non-hydrogen) atoms. The van der Waals surface area contributed by atoms with Crippen LogP contribution in [0.4, 0.5) is 74.6 Å². The Hall–Kier alpha value is -2.43. The lowest BCUT2D eigenvalue weighted by molar-refractivity contribution is -0.458. The molecule has 0 aliphatic rings. The van der Waals surface area contributed by atoms with Crippen molar-refractivity contribution in [2.75, 3.05) is 11.5 Å². The van der Waals surface area contributed by atoms with Gasteiger partial charge in [-0.15, -0.1) is 0 Å². The Kier molecular flexibility index (Phi) is 9.54. The van der Waals surface area contributed by atoms with Crippen LogP contribution in [0.15, 0.2) is 41.3 Å². The molecule has 0 aromatic heterocycles. The molecule has 0 saturated carbocycles. The van der Waals surface area contributed by atoms with Gasteiger partial charge in [0.05, 0.1) is 0 Å². The maximum atomic E-state index is 14.7. The zero-order valence-electron chi connectivity index (χ0n) is 21.8. The van der Waals surface area contributed by atoms with Crippen LogP contribution in [0, 0.1) is 0 Å². The molecule has 4 nitrogen and oxygen atoms in total. The lowest BCUT2D eigenvalue weighted by Crippen LogP contribution is -2.75. The standard InChI is InChI=1S/C22H17F17O4S2/c1-3-44(4-2,14-10-9-13(40)11-7-5-6-8-12(11)14)43-45(41,42)22(38,39)20(33,34)18(29,30)16(25,26)15(23,24)17(27,28)19(31,32)21(35,36)37/h5-10,40H,3-4H2,1-2H3. The second-order valence-electron chi connectivity index (χ2n) is 9.00.